The van der Waals surface area contributed by atoms with E-state index in [-0.39, 0.29) is 11.5 Å². The van der Waals surface area contributed by atoms with Crippen LogP contribution in [0.3, 0.4) is 0 Å². The van der Waals surface area contributed by atoms with Crippen LogP contribution < -0.4 is 15.2 Å². The quantitative estimate of drug-likeness (QED) is 0.397. The van der Waals surface area contributed by atoms with E-state index in [1.165, 1.54) is 11.3 Å². The summed E-state index contributed by atoms with van der Waals surface area (Å²) >= 11 is 14.3. The van der Waals surface area contributed by atoms with Crippen LogP contribution in [0, 0.1) is 0 Å². The molecule has 7 nitrogen and oxygen atoms in total. The normalized spacial score (nSPS) is 19.2. The average molecular weight is 548 g/mol. The van der Waals surface area contributed by atoms with Crippen molar-refractivity contribution in [2.24, 2.45) is 5.73 Å². The number of nitrogens with zero attached hydrogens (tertiary/aromatic N) is 3. The first-order valence-corrected chi connectivity index (χ1v) is 13.6. The molecular formula is C26H28Cl2N4O3S. The van der Waals surface area contributed by atoms with Gasteiger partial charge in [-0.2, -0.15) is 0 Å². The Balaban J connectivity index is 1.38. The minimum absolute atomic E-state index is 0.0750. The van der Waals surface area contributed by atoms with Crippen LogP contribution >= 0.6 is 34.5 Å². The number of ether oxygens (including phenoxy) is 2. The number of imidazole rings is 1. The third-order valence-corrected chi connectivity index (χ3v) is 8.41. The second-order valence-corrected chi connectivity index (χ2v) is 11.2. The third kappa shape index (κ3) is 5.13. The number of halogens is 2. The number of allylic oxidation sites excluding steroid dienone is 1. The van der Waals surface area contributed by atoms with Gasteiger partial charge in [-0.1, -0.05) is 29.8 Å². The van der Waals surface area contributed by atoms with Crippen molar-refractivity contribution in [1.82, 2.24) is 14.5 Å². The van der Waals surface area contributed by atoms with E-state index in [0.29, 0.717) is 27.8 Å². The lowest BCUT2D eigenvalue weighted by atomic mass is 10.1. The number of hydrogen-bond acceptors (Lipinski definition) is 6. The maximum Gasteiger partial charge on any atom is 0.262 e. The van der Waals surface area contributed by atoms with E-state index in [1.807, 2.05) is 47.9 Å². The fourth-order valence-corrected chi connectivity index (χ4v) is 6.03. The lowest BCUT2D eigenvalue weighted by molar-refractivity contribution is 0.0998. The van der Waals surface area contributed by atoms with Gasteiger partial charge in [0, 0.05) is 31.1 Å². The molecule has 1 aliphatic heterocycles. The van der Waals surface area contributed by atoms with E-state index >= 15 is 0 Å². The van der Waals surface area contributed by atoms with Crippen LogP contribution in [0.2, 0.25) is 5.02 Å². The molecular weight excluding hydrogens is 519 g/mol. The Morgan fingerprint density at radius 3 is 2.81 bits per heavy atom. The maximum atomic E-state index is 12.3. The summed E-state index contributed by atoms with van der Waals surface area (Å²) in [4.78, 5) is 19.4. The summed E-state index contributed by atoms with van der Waals surface area (Å²) in [6.07, 6.45) is 7.89. The number of hydrogen-bond donors (Lipinski definition) is 1. The predicted octanol–water partition coefficient (Wildman–Crippen LogP) is 5.48. The minimum atomic E-state index is -0.552. The molecule has 36 heavy (non-hydrogen) atoms. The van der Waals surface area contributed by atoms with Crippen molar-refractivity contribution in [3.8, 4) is 16.5 Å². The van der Waals surface area contributed by atoms with Crippen molar-refractivity contribution >= 4 is 46.5 Å². The number of carbonyl (C=O) groups is 1. The van der Waals surface area contributed by atoms with Gasteiger partial charge < -0.3 is 20.1 Å². The van der Waals surface area contributed by atoms with Crippen LogP contribution in [0.15, 0.2) is 36.7 Å². The summed E-state index contributed by atoms with van der Waals surface area (Å²) in [7, 11) is 2.12. The molecule has 0 spiro atoms. The van der Waals surface area contributed by atoms with Crippen molar-refractivity contribution in [3.63, 3.8) is 0 Å². The van der Waals surface area contributed by atoms with E-state index in [1.54, 1.807) is 6.33 Å². The Morgan fingerprint density at radius 2 is 2.06 bits per heavy atom. The summed E-state index contributed by atoms with van der Waals surface area (Å²) in [6.45, 7) is 3.89. The molecule has 1 amide bonds. The van der Waals surface area contributed by atoms with Crippen molar-refractivity contribution in [1.29, 1.82) is 0 Å². The molecule has 2 aromatic heterocycles. The zero-order valence-corrected chi connectivity index (χ0v) is 22.4. The molecule has 5 rings (SSSR count). The van der Waals surface area contributed by atoms with Gasteiger partial charge in [0.25, 0.3) is 5.91 Å². The molecule has 1 aliphatic carbocycles. The molecule has 2 aliphatic rings. The van der Waals surface area contributed by atoms with Crippen LogP contribution in [0.25, 0.3) is 11.1 Å². The lowest BCUT2D eigenvalue weighted by Crippen LogP contribution is -2.35. The van der Waals surface area contributed by atoms with Gasteiger partial charge in [0.1, 0.15) is 39.9 Å². The molecule has 2 atom stereocenters. The highest BCUT2D eigenvalue weighted by Gasteiger charge is 2.25. The van der Waals surface area contributed by atoms with E-state index in [9.17, 15) is 4.79 Å². The van der Waals surface area contributed by atoms with Gasteiger partial charge in [0.2, 0.25) is 0 Å². The van der Waals surface area contributed by atoms with E-state index in [0.717, 1.165) is 47.9 Å². The van der Waals surface area contributed by atoms with Gasteiger partial charge in [-0.3, -0.25) is 9.36 Å². The molecule has 2 unspecified atom stereocenters. The number of benzene rings is 1. The Hall–Kier alpha value is -2.52. The summed E-state index contributed by atoms with van der Waals surface area (Å²) in [5.41, 5.74) is 8.33. The molecule has 0 saturated carbocycles. The summed E-state index contributed by atoms with van der Waals surface area (Å²) in [6, 6.07) is 7.52. The Morgan fingerprint density at radius 1 is 1.28 bits per heavy atom. The van der Waals surface area contributed by atoms with Crippen LogP contribution in [-0.4, -0.2) is 52.0 Å². The highest BCUT2D eigenvalue weighted by molar-refractivity contribution is 7.16. The summed E-state index contributed by atoms with van der Waals surface area (Å²) in [5.74, 6) is 0.504. The standard InChI is InChI=1S/C26H28Cl2N4O3S/c1-15(18-4-3-5-21(24(18)28)35-17-8-10-31(2)11-9-17)34-22-13-23(36-25(22)26(29)33)32-14-30-19-12-16(27)6-7-20(19)32/h3-7,13-17H,8-12H2,1-2H3,(H2,29,33). The zero-order chi connectivity index (χ0) is 25.4. The number of rotatable bonds is 7. The average Bonchev–Trinajstić information content (AvgIpc) is 3.45. The van der Waals surface area contributed by atoms with Gasteiger partial charge in [0.05, 0.1) is 21.8 Å². The first-order valence-electron chi connectivity index (χ1n) is 11.9. The number of likely N-dealkylation sites (tertiary alicyclic amines) is 1. The minimum Gasteiger partial charge on any atom is -0.489 e. The fourth-order valence-electron chi connectivity index (χ4n) is 4.56. The van der Waals surface area contributed by atoms with Crippen LogP contribution in [-0.2, 0) is 6.42 Å². The molecule has 3 aromatic rings. The topological polar surface area (TPSA) is 82.6 Å². The molecule has 190 valence electrons. The Kier molecular flexibility index (Phi) is 7.30. The SMILES string of the molecule is CC(Oc1cc(-n2cnc3c2C=CC(Cl)C3)sc1C(N)=O)c1cccc(OC2CCN(C)CC2)c1Cl. The van der Waals surface area contributed by atoms with Gasteiger partial charge >= 0.3 is 0 Å². The van der Waals surface area contributed by atoms with Crippen LogP contribution in [0.5, 0.6) is 11.5 Å². The number of aromatic nitrogens is 2. The highest BCUT2D eigenvalue weighted by atomic mass is 35.5. The Labute approximate surface area is 224 Å². The molecule has 1 saturated heterocycles. The van der Waals surface area contributed by atoms with Crippen LogP contribution in [0.1, 0.15) is 52.5 Å². The molecule has 10 heteroatoms. The van der Waals surface area contributed by atoms with Crippen molar-refractivity contribution in [2.45, 2.75) is 43.8 Å². The largest absolute Gasteiger partial charge is 0.489 e. The maximum absolute atomic E-state index is 12.3. The van der Waals surface area contributed by atoms with Gasteiger partial charge in [0.15, 0.2) is 0 Å². The lowest BCUT2D eigenvalue weighted by Gasteiger charge is -2.30. The second kappa shape index (κ2) is 10.5. The third-order valence-electron chi connectivity index (χ3n) is 6.58. The van der Waals surface area contributed by atoms with Gasteiger partial charge in [-0.15, -0.1) is 22.9 Å². The molecule has 0 bridgehead atoms. The fraction of sp³-hybridized carbons (Fsp3) is 0.385. The molecule has 0 radical (unpaired) electrons. The summed E-state index contributed by atoms with van der Waals surface area (Å²) in [5, 5.41) is 1.22. The van der Waals surface area contributed by atoms with Crippen LogP contribution in [0.4, 0.5) is 0 Å². The second-order valence-electron chi connectivity index (χ2n) is 9.21. The number of primary amides is 1. The number of nitrogens with two attached hydrogens (primary N) is 1. The first kappa shape index (κ1) is 25.1. The molecule has 1 fully saturated rings. The van der Waals surface area contributed by atoms with E-state index in [2.05, 4.69) is 16.9 Å². The molecule has 1 aromatic carbocycles. The number of fused-ring (bicyclic) bond motifs is 1. The van der Waals surface area contributed by atoms with Crippen molar-refractivity contribution < 1.29 is 14.3 Å². The van der Waals surface area contributed by atoms with E-state index < -0.39 is 12.0 Å². The van der Waals surface area contributed by atoms with Crippen molar-refractivity contribution in [2.75, 3.05) is 20.1 Å². The first-order chi connectivity index (χ1) is 17.3. The number of carbonyl (C=O) groups excluding carboxylic acids is 1. The number of thiophene rings is 1. The Bertz CT molecular complexity index is 1300. The summed E-state index contributed by atoms with van der Waals surface area (Å²) < 4.78 is 14.4. The smallest absolute Gasteiger partial charge is 0.262 e. The van der Waals surface area contributed by atoms with Gasteiger partial charge in [-0.25, -0.2) is 4.98 Å². The number of amides is 1. The molecule has 2 N–H and O–H groups in total. The van der Waals surface area contributed by atoms with Crippen molar-refractivity contribution in [3.05, 3.63) is 63.5 Å². The monoisotopic (exact) mass is 546 g/mol. The number of alkyl halides is 1. The predicted molar refractivity (Wildman–Crippen MR) is 144 cm³/mol. The molecule has 3 heterocycles. The number of piperidine rings is 1. The van der Waals surface area contributed by atoms with E-state index in [4.69, 9.17) is 38.4 Å². The zero-order valence-electron chi connectivity index (χ0n) is 20.1. The highest BCUT2D eigenvalue weighted by Crippen LogP contribution is 2.39. The van der Waals surface area contributed by atoms with Gasteiger partial charge in [-0.05, 0) is 39.0 Å².